The van der Waals surface area contributed by atoms with E-state index in [-0.39, 0.29) is 6.09 Å². The zero-order valence-electron chi connectivity index (χ0n) is 12.1. The van der Waals surface area contributed by atoms with Crippen molar-refractivity contribution < 1.29 is 9.53 Å². The SMILES string of the molecule is CN(CCC12CC(CCN1)C2)C(=O)OC(C)(C)C. The van der Waals surface area contributed by atoms with Crippen LogP contribution in [0.3, 0.4) is 0 Å². The molecule has 0 spiro atoms. The molecule has 3 aliphatic rings. The quantitative estimate of drug-likeness (QED) is 0.841. The summed E-state index contributed by atoms with van der Waals surface area (Å²) in [6.07, 6.45) is 4.72. The summed E-state index contributed by atoms with van der Waals surface area (Å²) in [6.45, 7) is 7.61. The molecule has 0 aromatic heterocycles. The minimum Gasteiger partial charge on any atom is -0.444 e. The maximum atomic E-state index is 11.8. The van der Waals surface area contributed by atoms with E-state index in [9.17, 15) is 4.79 Å². The average Bonchev–Trinajstić information content (AvgIpc) is 2.23. The maximum absolute atomic E-state index is 11.8. The highest BCUT2D eigenvalue weighted by atomic mass is 16.6. The van der Waals surface area contributed by atoms with E-state index in [2.05, 4.69) is 5.32 Å². The molecule has 0 aromatic rings. The van der Waals surface area contributed by atoms with Gasteiger partial charge in [-0.1, -0.05) is 0 Å². The number of amides is 1. The van der Waals surface area contributed by atoms with Crippen LogP contribution in [0.5, 0.6) is 0 Å². The molecule has 2 bridgehead atoms. The Labute approximate surface area is 110 Å². The van der Waals surface area contributed by atoms with E-state index < -0.39 is 5.60 Å². The van der Waals surface area contributed by atoms with Gasteiger partial charge in [0.2, 0.25) is 0 Å². The van der Waals surface area contributed by atoms with Crippen LogP contribution in [0.1, 0.15) is 46.5 Å². The highest BCUT2D eigenvalue weighted by Crippen LogP contribution is 2.45. The van der Waals surface area contributed by atoms with Gasteiger partial charge in [-0.2, -0.15) is 0 Å². The summed E-state index contributed by atoms with van der Waals surface area (Å²) in [4.78, 5) is 13.5. The van der Waals surface area contributed by atoms with Crippen LogP contribution < -0.4 is 5.32 Å². The minimum absolute atomic E-state index is 0.217. The Morgan fingerprint density at radius 3 is 2.61 bits per heavy atom. The molecule has 18 heavy (non-hydrogen) atoms. The summed E-state index contributed by atoms with van der Waals surface area (Å²) in [5.74, 6) is 0.929. The first-order valence-electron chi connectivity index (χ1n) is 6.99. The second-order valence-corrected chi connectivity index (χ2v) is 6.92. The van der Waals surface area contributed by atoms with Crippen molar-refractivity contribution in [3.63, 3.8) is 0 Å². The lowest BCUT2D eigenvalue weighted by Crippen LogP contribution is -2.61. The Bertz CT molecular complexity index is 311. The highest BCUT2D eigenvalue weighted by Gasteiger charge is 2.46. The molecule has 104 valence electrons. The van der Waals surface area contributed by atoms with Crippen molar-refractivity contribution >= 4 is 6.09 Å². The topological polar surface area (TPSA) is 41.6 Å². The average molecular weight is 254 g/mol. The van der Waals surface area contributed by atoms with Crippen molar-refractivity contribution in [1.82, 2.24) is 10.2 Å². The molecule has 0 unspecified atom stereocenters. The molecule has 1 amide bonds. The van der Waals surface area contributed by atoms with Gasteiger partial charge in [-0.3, -0.25) is 0 Å². The molecular formula is C14H26N2O2. The number of nitrogens with one attached hydrogen (secondary N) is 1. The van der Waals surface area contributed by atoms with Crippen molar-refractivity contribution in [3.05, 3.63) is 0 Å². The zero-order chi connectivity index (χ0) is 13.4. The Hall–Kier alpha value is -0.770. The van der Waals surface area contributed by atoms with Gasteiger partial charge >= 0.3 is 6.09 Å². The number of nitrogens with zero attached hydrogens (tertiary/aromatic N) is 1. The largest absolute Gasteiger partial charge is 0.444 e. The smallest absolute Gasteiger partial charge is 0.410 e. The molecule has 4 heteroatoms. The molecule has 2 heterocycles. The predicted octanol–water partition coefficient (Wildman–Crippen LogP) is 2.39. The molecule has 0 aromatic carbocycles. The van der Waals surface area contributed by atoms with E-state index in [1.807, 2.05) is 27.8 Å². The van der Waals surface area contributed by atoms with Crippen molar-refractivity contribution in [2.24, 2.45) is 5.92 Å². The van der Waals surface area contributed by atoms with Gasteiger partial charge in [0.25, 0.3) is 0 Å². The van der Waals surface area contributed by atoms with Crippen LogP contribution in [0.25, 0.3) is 0 Å². The summed E-state index contributed by atoms with van der Waals surface area (Å²) >= 11 is 0. The van der Waals surface area contributed by atoms with Gasteiger partial charge in [-0.25, -0.2) is 4.79 Å². The number of carbonyl (C=O) groups is 1. The summed E-state index contributed by atoms with van der Waals surface area (Å²) in [5.41, 5.74) is -0.0898. The van der Waals surface area contributed by atoms with E-state index >= 15 is 0 Å². The van der Waals surface area contributed by atoms with E-state index in [0.29, 0.717) is 5.54 Å². The molecule has 3 rings (SSSR count). The van der Waals surface area contributed by atoms with Gasteiger partial charge in [0.1, 0.15) is 5.60 Å². The number of piperidine rings is 2. The number of hydrogen-bond donors (Lipinski definition) is 1. The molecule has 3 fully saturated rings. The van der Waals surface area contributed by atoms with Crippen LogP contribution in [0.4, 0.5) is 4.79 Å². The van der Waals surface area contributed by atoms with E-state index in [1.54, 1.807) is 4.90 Å². The zero-order valence-corrected chi connectivity index (χ0v) is 12.1. The third-order valence-corrected chi connectivity index (χ3v) is 4.04. The third-order valence-electron chi connectivity index (χ3n) is 4.04. The second kappa shape index (κ2) is 4.72. The summed E-state index contributed by atoms with van der Waals surface area (Å²) in [6, 6.07) is 0. The Morgan fingerprint density at radius 2 is 2.11 bits per heavy atom. The fourth-order valence-electron chi connectivity index (χ4n) is 3.04. The van der Waals surface area contributed by atoms with Crippen molar-refractivity contribution in [2.75, 3.05) is 20.1 Å². The van der Waals surface area contributed by atoms with E-state index in [0.717, 1.165) is 25.4 Å². The first-order valence-corrected chi connectivity index (χ1v) is 6.99. The minimum atomic E-state index is -0.408. The monoisotopic (exact) mass is 254 g/mol. The first kappa shape index (κ1) is 13.7. The number of fused-ring (bicyclic) bond motifs is 2. The number of ether oxygens (including phenoxy) is 1. The van der Waals surface area contributed by atoms with Crippen LogP contribution in [-0.2, 0) is 4.74 Å². The molecule has 4 nitrogen and oxygen atoms in total. The first-order chi connectivity index (χ1) is 8.30. The molecule has 2 aliphatic heterocycles. The molecule has 1 aliphatic carbocycles. The Kier molecular flexibility index (Phi) is 3.58. The Balaban J connectivity index is 1.74. The van der Waals surface area contributed by atoms with Gasteiger partial charge in [0.05, 0.1) is 0 Å². The molecule has 2 saturated heterocycles. The summed E-state index contributed by atoms with van der Waals surface area (Å²) < 4.78 is 5.35. The maximum Gasteiger partial charge on any atom is 0.410 e. The fourth-order valence-corrected chi connectivity index (χ4v) is 3.04. The fraction of sp³-hybridized carbons (Fsp3) is 0.929. The van der Waals surface area contributed by atoms with Gasteiger partial charge in [0, 0.05) is 19.1 Å². The summed E-state index contributed by atoms with van der Waals surface area (Å²) in [7, 11) is 1.82. The van der Waals surface area contributed by atoms with Gasteiger partial charge in [-0.15, -0.1) is 0 Å². The van der Waals surface area contributed by atoms with Gasteiger partial charge in [0.15, 0.2) is 0 Å². The summed E-state index contributed by atoms with van der Waals surface area (Å²) in [5, 5.41) is 3.63. The molecule has 0 radical (unpaired) electrons. The molecule has 1 N–H and O–H groups in total. The lowest BCUT2D eigenvalue weighted by Gasteiger charge is -2.53. The normalized spacial score (nSPS) is 30.6. The number of hydrogen-bond acceptors (Lipinski definition) is 3. The highest BCUT2D eigenvalue weighted by molar-refractivity contribution is 5.67. The molecule has 1 saturated carbocycles. The van der Waals surface area contributed by atoms with Crippen LogP contribution in [0.2, 0.25) is 0 Å². The van der Waals surface area contributed by atoms with Crippen LogP contribution in [-0.4, -0.2) is 42.3 Å². The van der Waals surface area contributed by atoms with E-state index in [4.69, 9.17) is 4.74 Å². The second-order valence-electron chi connectivity index (χ2n) is 6.92. The van der Waals surface area contributed by atoms with E-state index in [1.165, 1.54) is 19.3 Å². The van der Waals surface area contributed by atoms with Crippen LogP contribution >= 0.6 is 0 Å². The van der Waals surface area contributed by atoms with Crippen molar-refractivity contribution in [2.45, 2.75) is 57.6 Å². The lowest BCUT2D eigenvalue weighted by molar-refractivity contribution is 0.0162. The van der Waals surface area contributed by atoms with Crippen molar-refractivity contribution in [1.29, 1.82) is 0 Å². The van der Waals surface area contributed by atoms with Crippen LogP contribution in [0, 0.1) is 5.92 Å². The standard InChI is InChI=1S/C14H26N2O2/c1-13(2,3)18-12(17)16(4)8-6-14-9-11(10-14)5-7-15-14/h11,15H,5-10H2,1-4H3. The molecular weight excluding hydrogens is 228 g/mol. The Morgan fingerprint density at radius 1 is 1.44 bits per heavy atom. The predicted molar refractivity (Wildman–Crippen MR) is 71.6 cm³/mol. The van der Waals surface area contributed by atoms with Crippen molar-refractivity contribution in [3.8, 4) is 0 Å². The number of carbonyl (C=O) groups excluding carboxylic acids is 1. The number of rotatable bonds is 3. The molecule has 0 atom stereocenters. The lowest BCUT2D eigenvalue weighted by atomic mass is 9.62. The third kappa shape index (κ3) is 3.16. The van der Waals surface area contributed by atoms with Crippen LogP contribution in [0.15, 0.2) is 0 Å². The van der Waals surface area contributed by atoms with Gasteiger partial charge in [-0.05, 0) is 58.9 Å². The van der Waals surface area contributed by atoms with Gasteiger partial charge < -0.3 is 15.0 Å².